The molecule has 3 rings (SSSR count). The number of hydrogen-bond acceptors (Lipinski definition) is 3. The Hall–Kier alpha value is -1.74. The van der Waals surface area contributed by atoms with Crippen molar-refractivity contribution in [3.8, 4) is 11.1 Å². The topological polar surface area (TPSA) is 21.6 Å². The van der Waals surface area contributed by atoms with Gasteiger partial charge in [-0.25, -0.2) is 0 Å². The third kappa shape index (κ3) is 1.81. The van der Waals surface area contributed by atoms with Gasteiger partial charge in [-0.15, -0.1) is 0 Å². The fourth-order valence-corrected chi connectivity index (χ4v) is 2.61. The molecule has 18 heavy (non-hydrogen) atoms. The van der Waals surface area contributed by atoms with Crippen molar-refractivity contribution in [2.75, 3.05) is 0 Å². The summed E-state index contributed by atoms with van der Waals surface area (Å²) in [5.41, 5.74) is 7.33. The van der Waals surface area contributed by atoms with E-state index in [2.05, 4.69) is 64.8 Å². The van der Waals surface area contributed by atoms with Crippen LogP contribution in [0.25, 0.3) is 11.1 Å². The molecule has 0 aliphatic heterocycles. The molecule has 0 atom stereocenters. The van der Waals surface area contributed by atoms with Gasteiger partial charge in [0.25, 0.3) is 0 Å². The summed E-state index contributed by atoms with van der Waals surface area (Å²) in [7, 11) is 0. The maximum absolute atomic E-state index is 4.52. The van der Waals surface area contributed by atoms with E-state index in [9.17, 15) is 0 Å². The van der Waals surface area contributed by atoms with Crippen molar-refractivity contribution in [3.63, 3.8) is 0 Å². The summed E-state index contributed by atoms with van der Waals surface area (Å²) in [5.74, 6) is 0. The molecular formula is C15H13NOS. The summed E-state index contributed by atoms with van der Waals surface area (Å²) in [6.45, 7) is 1.92. The molecule has 0 heterocycles. The third-order valence-electron chi connectivity index (χ3n) is 3.39. The van der Waals surface area contributed by atoms with E-state index in [0.717, 1.165) is 17.7 Å². The zero-order valence-electron chi connectivity index (χ0n) is 10.1. The van der Waals surface area contributed by atoms with E-state index in [1.165, 1.54) is 22.3 Å². The zero-order valence-corrected chi connectivity index (χ0v) is 10.9. The van der Waals surface area contributed by atoms with Gasteiger partial charge in [-0.2, -0.15) is 0 Å². The van der Waals surface area contributed by atoms with Gasteiger partial charge in [0.05, 0.1) is 18.6 Å². The Balaban J connectivity index is 2.06. The van der Waals surface area contributed by atoms with Crippen molar-refractivity contribution in [1.29, 1.82) is 0 Å². The first-order valence-electron chi connectivity index (χ1n) is 5.86. The minimum Gasteiger partial charge on any atom is -0.325 e. The van der Waals surface area contributed by atoms with Crippen molar-refractivity contribution >= 4 is 18.6 Å². The van der Waals surface area contributed by atoms with Crippen molar-refractivity contribution in [2.24, 2.45) is 5.16 Å². The number of rotatable bonds is 2. The van der Waals surface area contributed by atoms with E-state index in [0.29, 0.717) is 0 Å². The Morgan fingerprint density at radius 3 is 2.72 bits per heavy atom. The van der Waals surface area contributed by atoms with Gasteiger partial charge in [0.15, 0.2) is 0 Å². The average molecular weight is 255 g/mol. The molecule has 2 aromatic carbocycles. The lowest BCUT2D eigenvalue weighted by atomic mass is 10.0. The molecule has 3 heteroatoms. The quantitative estimate of drug-likeness (QED) is 0.319. The van der Waals surface area contributed by atoms with Crippen LogP contribution < -0.4 is 0 Å². The molecule has 0 aromatic heterocycles. The van der Waals surface area contributed by atoms with Gasteiger partial charge in [-0.1, -0.05) is 41.6 Å². The molecule has 0 bridgehead atoms. The molecule has 90 valence electrons. The third-order valence-corrected chi connectivity index (χ3v) is 3.47. The highest BCUT2D eigenvalue weighted by Crippen LogP contribution is 2.36. The molecule has 0 unspecified atom stereocenters. The molecule has 0 saturated carbocycles. The average Bonchev–Trinajstić information content (AvgIpc) is 2.76. The van der Waals surface area contributed by atoms with Crippen LogP contribution in [-0.2, 0) is 10.7 Å². The van der Waals surface area contributed by atoms with Gasteiger partial charge in [0.1, 0.15) is 0 Å². The standard InChI is InChI=1S/C15H13NOS/c1-10(16-17-18)11-6-7-15-13(8-11)9-12-4-2-3-5-14(12)15/h2-8,18H,9H2,1H3/b16-10+. The first-order chi connectivity index (χ1) is 8.79. The van der Waals surface area contributed by atoms with Crippen LogP contribution in [0.2, 0.25) is 0 Å². The fourth-order valence-electron chi connectivity index (χ4n) is 2.48. The number of nitrogens with zero attached hydrogens (tertiary/aromatic N) is 1. The smallest absolute Gasteiger partial charge is 0.0853 e. The van der Waals surface area contributed by atoms with Gasteiger partial charge in [0.2, 0.25) is 0 Å². The van der Waals surface area contributed by atoms with E-state index >= 15 is 0 Å². The molecule has 1 aliphatic rings. The molecule has 2 aromatic rings. The summed E-state index contributed by atoms with van der Waals surface area (Å²) in [6.07, 6.45) is 0.994. The monoisotopic (exact) mass is 255 g/mol. The summed E-state index contributed by atoms with van der Waals surface area (Å²) in [5, 5.41) is 3.85. The first-order valence-corrected chi connectivity index (χ1v) is 6.23. The van der Waals surface area contributed by atoms with Crippen LogP contribution in [0, 0.1) is 0 Å². The molecule has 0 amide bonds. The molecule has 0 N–H and O–H groups in total. The number of thiol groups is 1. The van der Waals surface area contributed by atoms with E-state index in [1.54, 1.807) is 0 Å². The number of fused-ring (bicyclic) bond motifs is 3. The highest BCUT2D eigenvalue weighted by Gasteiger charge is 2.18. The van der Waals surface area contributed by atoms with Crippen LogP contribution in [-0.4, -0.2) is 5.71 Å². The van der Waals surface area contributed by atoms with Crippen LogP contribution in [0.15, 0.2) is 47.6 Å². The summed E-state index contributed by atoms with van der Waals surface area (Å²) in [4.78, 5) is 0. The number of hydrogen-bond donors (Lipinski definition) is 1. The highest BCUT2D eigenvalue weighted by atomic mass is 32.1. The van der Waals surface area contributed by atoms with Crippen LogP contribution >= 0.6 is 12.9 Å². The lowest BCUT2D eigenvalue weighted by Gasteiger charge is -2.04. The van der Waals surface area contributed by atoms with E-state index in [-0.39, 0.29) is 0 Å². The minimum atomic E-state index is 0.837. The van der Waals surface area contributed by atoms with Gasteiger partial charge in [0, 0.05) is 0 Å². The van der Waals surface area contributed by atoms with Crippen molar-refractivity contribution in [1.82, 2.24) is 0 Å². The Bertz CT molecular complexity index is 634. The lowest BCUT2D eigenvalue weighted by molar-refractivity contribution is 0.414. The van der Waals surface area contributed by atoms with Gasteiger partial charge in [-0.05, 0) is 47.2 Å². The maximum Gasteiger partial charge on any atom is 0.0853 e. The van der Waals surface area contributed by atoms with E-state index < -0.39 is 0 Å². The Labute approximate surface area is 112 Å². The van der Waals surface area contributed by atoms with Crippen molar-refractivity contribution < 1.29 is 4.28 Å². The van der Waals surface area contributed by atoms with E-state index in [4.69, 9.17) is 0 Å². The molecular weight excluding hydrogens is 242 g/mol. The Kier molecular flexibility index (Phi) is 2.84. The lowest BCUT2D eigenvalue weighted by Crippen LogP contribution is -1.95. The van der Waals surface area contributed by atoms with Gasteiger partial charge in [-0.3, -0.25) is 0 Å². The van der Waals surface area contributed by atoms with Crippen LogP contribution in [0.5, 0.6) is 0 Å². The molecule has 0 radical (unpaired) electrons. The molecule has 1 aliphatic carbocycles. The first kappa shape index (κ1) is 11.4. The number of oxime groups is 1. The predicted molar refractivity (Wildman–Crippen MR) is 77.0 cm³/mol. The van der Waals surface area contributed by atoms with Crippen LogP contribution in [0.3, 0.4) is 0 Å². The van der Waals surface area contributed by atoms with Crippen LogP contribution in [0.1, 0.15) is 23.6 Å². The summed E-state index contributed by atoms with van der Waals surface area (Å²) in [6, 6.07) is 15.0. The SMILES string of the molecule is C/C(=N\OS)c1ccc2c(c1)Cc1ccccc1-2. The van der Waals surface area contributed by atoms with E-state index in [1.807, 2.05) is 6.92 Å². The fraction of sp³-hybridized carbons (Fsp3) is 0.133. The largest absolute Gasteiger partial charge is 0.325 e. The highest BCUT2D eigenvalue weighted by molar-refractivity contribution is 7.75. The molecule has 0 fully saturated rings. The van der Waals surface area contributed by atoms with Crippen LogP contribution in [0.4, 0.5) is 0 Å². The van der Waals surface area contributed by atoms with Gasteiger partial charge < -0.3 is 4.28 Å². The second kappa shape index (κ2) is 4.50. The summed E-state index contributed by atoms with van der Waals surface area (Å²) >= 11 is 3.64. The number of benzene rings is 2. The Morgan fingerprint density at radius 1 is 1.11 bits per heavy atom. The molecule has 0 spiro atoms. The van der Waals surface area contributed by atoms with Crippen molar-refractivity contribution in [2.45, 2.75) is 13.3 Å². The normalized spacial score (nSPS) is 13.1. The molecule has 2 nitrogen and oxygen atoms in total. The minimum absolute atomic E-state index is 0.837. The second-order valence-corrected chi connectivity index (χ2v) is 4.63. The molecule has 0 saturated heterocycles. The summed E-state index contributed by atoms with van der Waals surface area (Å²) < 4.78 is 4.52. The van der Waals surface area contributed by atoms with Gasteiger partial charge >= 0.3 is 0 Å². The zero-order chi connectivity index (χ0) is 12.5. The predicted octanol–water partition coefficient (Wildman–Crippen LogP) is 3.84. The van der Waals surface area contributed by atoms with Crippen molar-refractivity contribution in [3.05, 3.63) is 59.2 Å². The second-order valence-electron chi connectivity index (χ2n) is 4.46. The Morgan fingerprint density at radius 2 is 1.89 bits per heavy atom. The maximum atomic E-state index is 4.52.